The van der Waals surface area contributed by atoms with Crippen molar-refractivity contribution in [1.29, 1.82) is 0 Å². The molecule has 0 bridgehead atoms. The van der Waals surface area contributed by atoms with Crippen molar-refractivity contribution in [2.24, 2.45) is 0 Å². The molecule has 2 heterocycles. The van der Waals surface area contributed by atoms with Gasteiger partial charge in [-0.3, -0.25) is 19.8 Å². The van der Waals surface area contributed by atoms with Crippen LogP contribution < -0.4 is 11.0 Å². The van der Waals surface area contributed by atoms with Crippen molar-refractivity contribution >= 4 is 28.6 Å². The molecule has 3 aromatic rings. The van der Waals surface area contributed by atoms with Crippen LogP contribution in [0.1, 0.15) is 0 Å². The maximum Gasteiger partial charge on any atom is 0.271 e. The predicted molar refractivity (Wildman–Crippen MR) is 79.0 cm³/mol. The van der Waals surface area contributed by atoms with E-state index in [1.165, 1.54) is 12.4 Å². The maximum atomic E-state index is 11.4. The third kappa shape index (κ3) is 3.38. The van der Waals surface area contributed by atoms with E-state index in [2.05, 4.69) is 30.9 Å². The summed E-state index contributed by atoms with van der Waals surface area (Å²) in [6.45, 7) is 0.477. The quantitative estimate of drug-likeness (QED) is 0.356. The number of aromatic amines is 2. The first-order valence-electron chi connectivity index (χ1n) is 6.17. The summed E-state index contributed by atoms with van der Waals surface area (Å²) < 4.78 is 0. The first-order valence-corrected chi connectivity index (χ1v) is 7.16. The van der Waals surface area contributed by atoms with Gasteiger partial charge in [0.15, 0.2) is 0 Å². The summed E-state index contributed by atoms with van der Waals surface area (Å²) in [6.07, 6.45) is 3.02. The van der Waals surface area contributed by atoms with Crippen LogP contribution in [0.4, 0.5) is 5.95 Å². The highest BCUT2D eigenvalue weighted by atomic mass is 32.2. The van der Waals surface area contributed by atoms with Crippen molar-refractivity contribution in [2.45, 2.75) is 4.90 Å². The number of nitrogens with zero attached hydrogens (tertiary/aromatic N) is 3. The van der Waals surface area contributed by atoms with E-state index in [0.29, 0.717) is 17.9 Å². The Balaban J connectivity index is 1.47. The zero-order chi connectivity index (χ0) is 14.5. The van der Waals surface area contributed by atoms with E-state index < -0.39 is 0 Å². The van der Waals surface area contributed by atoms with Gasteiger partial charge in [0, 0.05) is 10.6 Å². The second-order valence-electron chi connectivity index (χ2n) is 4.05. The van der Waals surface area contributed by atoms with Gasteiger partial charge in [0.1, 0.15) is 0 Å². The van der Waals surface area contributed by atoms with Crippen LogP contribution in [-0.4, -0.2) is 37.7 Å². The Morgan fingerprint density at radius 1 is 1.29 bits per heavy atom. The summed E-state index contributed by atoms with van der Waals surface area (Å²) in [5, 5.41) is 13.4. The highest BCUT2D eigenvalue weighted by Gasteiger charge is 2.02. The van der Waals surface area contributed by atoms with Crippen molar-refractivity contribution in [3.05, 3.63) is 40.9 Å². The lowest BCUT2D eigenvalue weighted by atomic mass is 10.2. The van der Waals surface area contributed by atoms with Crippen LogP contribution in [0.2, 0.25) is 0 Å². The molecule has 1 aromatic carbocycles. The molecule has 9 heteroatoms. The number of rotatable bonds is 6. The number of hydrogen-bond donors (Lipinski definition) is 3. The monoisotopic (exact) mass is 304 g/mol. The second-order valence-corrected chi connectivity index (χ2v) is 5.22. The van der Waals surface area contributed by atoms with Crippen LogP contribution in [0.5, 0.6) is 0 Å². The molecule has 3 N–H and O–H groups in total. The predicted octanol–water partition coefficient (Wildman–Crippen LogP) is 1.18. The van der Waals surface area contributed by atoms with Crippen molar-refractivity contribution < 1.29 is 4.84 Å². The largest absolute Gasteiger partial charge is 0.297 e. The lowest BCUT2D eigenvalue weighted by molar-refractivity contribution is 0.210. The average molecular weight is 304 g/mol. The molecule has 0 aliphatic heterocycles. The highest BCUT2D eigenvalue weighted by molar-refractivity contribution is 7.99. The van der Waals surface area contributed by atoms with E-state index in [1.54, 1.807) is 17.8 Å². The number of H-pyrrole nitrogens is 2. The van der Waals surface area contributed by atoms with Crippen molar-refractivity contribution in [2.75, 3.05) is 17.8 Å². The number of anilines is 1. The molecule has 21 heavy (non-hydrogen) atoms. The fourth-order valence-corrected chi connectivity index (χ4v) is 2.48. The fourth-order valence-electron chi connectivity index (χ4n) is 1.72. The molecular weight excluding hydrogens is 292 g/mol. The van der Waals surface area contributed by atoms with E-state index in [9.17, 15) is 4.79 Å². The van der Waals surface area contributed by atoms with Gasteiger partial charge in [-0.2, -0.15) is 5.10 Å². The van der Waals surface area contributed by atoms with E-state index in [-0.39, 0.29) is 5.56 Å². The fraction of sp³-hybridized carbons (Fsp3) is 0.167. The molecule has 0 atom stereocenters. The molecule has 0 saturated heterocycles. The van der Waals surface area contributed by atoms with Crippen molar-refractivity contribution in [1.82, 2.24) is 25.4 Å². The zero-order valence-electron chi connectivity index (χ0n) is 10.9. The van der Waals surface area contributed by atoms with E-state index >= 15 is 0 Å². The average Bonchev–Trinajstić information content (AvgIpc) is 2.89. The van der Waals surface area contributed by atoms with Gasteiger partial charge in [0.2, 0.25) is 0 Å². The lowest BCUT2D eigenvalue weighted by Gasteiger charge is -2.04. The van der Waals surface area contributed by atoms with Gasteiger partial charge in [-0.05, 0) is 18.2 Å². The Bertz CT molecular complexity index is 772. The molecule has 0 fully saturated rings. The molecule has 0 radical (unpaired) electrons. The summed E-state index contributed by atoms with van der Waals surface area (Å²) >= 11 is 1.62. The Morgan fingerprint density at radius 3 is 3.10 bits per heavy atom. The van der Waals surface area contributed by atoms with Crippen LogP contribution in [0.15, 0.2) is 40.3 Å². The van der Waals surface area contributed by atoms with Gasteiger partial charge < -0.3 is 0 Å². The molecule has 2 aromatic heterocycles. The molecule has 3 rings (SSSR count). The number of hydrogen-bond acceptors (Lipinski definition) is 7. The molecule has 0 aliphatic carbocycles. The van der Waals surface area contributed by atoms with Gasteiger partial charge in [-0.15, -0.1) is 16.9 Å². The number of thioether (sulfide) groups is 1. The van der Waals surface area contributed by atoms with Gasteiger partial charge in [-0.1, -0.05) is 0 Å². The van der Waals surface area contributed by atoms with Gasteiger partial charge in [0.05, 0.1) is 29.9 Å². The van der Waals surface area contributed by atoms with E-state index in [0.717, 1.165) is 16.2 Å². The number of nitrogens with one attached hydrogen (secondary N) is 3. The molecule has 0 aliphatic rings. The Morgan fingerprint density at radius 2 is 2.24 bits per heavy atom. The van der Waals surface area contributed by atoms with Crippen LogP contribution in [0.25, 0.3) is 10.9 Å². The topological polar surface area (TPSA) is 109 Å². The zero-order valence-corrected chi connectivity index (χ0v) is 11.7. The number of fused-ring (bicyclic) bond motifs is 1. The molecule has 0 unspecified atom stereocenters. The first kappa shape index (κ1) is 13.6. The van der Waals surface area contributed by atoms with E-state index in [4.69, 9.17) is 4.84 Å². The minimum atomic E-state index is -0.106. The number of aromatic nitrogens is 5. The normalized spacial score (nSPS) is 10.9. The van der Waals surface area contributed by atoms with E-state index in [1.807, 2.05) is 12.1 Å². The van der Waals surface area contributed by atoms with Gasteiger partial charge in [0.25, 0.3) is 11.5 Å². The molecule has 0 amide bonds. The Hall–Kier alpha value is -2.39. The first-order chi connectivity index (χ1) is 10.3. The maximum absolute atomic E-state index is 11.4. The summed E-state index contributed by atoms with van der Waals surface area (Å²) in [7, 11) is 0. The Kier molecular flexibility index (Phi) is 4.12. The van der Waals surface area contributed by atoms with Crippen LogP contribution in [0, 0.1) is 0 Å². The SMILES string of the molecule is O=c1[nH][nH]c2cc(SCCONc3nccnn3)ccc12. The second kappa shape index (κ2) is 6.37. The number of benzene rings is 1. The standard InChI is InChI=1S/C12H12N6O2S/c19-11-9-2-1-8(7-10(9)15-16-11)21-6-5-20-18-12-13-3-4-14-17-12/h1-4,7H,5-6H2,(H,13,17,18)(H2,15,16,19). The molecule has 108 valence electrons. The lowest BCUT2D eigenvalue weighted by Crippen LogP contribution is -2.07. The third-order valence-electron chi connectivity index (χ3n) is 2.65. The van der Waals surface area contributed by atoms with Gasteiger partial charge >= 0.3 is 0 Å². The molecule has 0 spiro atoms. The molecule has 8 nitrogen and oxygen atoms in total. The minimum absolute atomic E-state index is 0.106. The summed E-state index contributed by atoms with van der Waals surface area (Å²) in [5.74, 6) is 1.07. The van der Waals surface area contributed by atoms with Crippen LogP contribution >= 0.6 is 11.8 Å². The van der Waals surface area contributed by atoms with Crippen molar-refractivity contribution in [3.63, 3.8) is 0 Å². The summed E-state index contributed by atoms with van der Waals surface area (Å²) in [6, 6.07) is 5.64. The van der Waals surface area contributed by atoms with Crippen LogP contribution in [-0.2, 0) is 4.84 Å². The Labute approximate surface area is 123 Å². The van der Waals surface area contributed by atoms with Crippen molar-refractivity contribution in [3.8, 4) is 0 Å². The highest BCUT2D eigenvalue weighted by Crippen LogP contribution is 2.20. The minimum Gasteiger partial charge on any atom is -0.297 e. The smallest absolute Gasteiger partial charge is 0.271 e. The summed E-state index contributed by atoms with van der Waals surface area (Å²) in [4.78, 5) is 21.6. The third-order valence-corrected chi connectivity index (χ3v) is 3.60. The van der Waals surface area contributed by atoms with Crippen LogP contribution in [0.3, 0.4) is 0 Å². The molecular formula is C12H12N6O2S. The van der Waals surface area contributed by atoms with Gasteiger partial charge in [-0.25, -0.2) is 10.5 Å². The molecule has 0 saturated carbocycles. The summed E-state index contributed by atoms with van der Waals surface area (Å²) in [5.41, 5.74) is 3.31.